The Balaban J connectivity index is 1.55. The molecule has 0 fully saturated rings. The number of aromatic nitrogens is 5. The number of fused-ring (bicyclic) bond motifs is 1. The van der Waals surface area contributed by atoms with Gasteiger partial charge in [-0.15, -0.1) is 5.10 Å². The minimum absolute atomic E-state index is 0.146. The normalized spacial score (nSPS) is 11.5. The van der Waals surface area contributed by atoms with Gasteiger partial charge in [0.25, 0.3) is 11.6 Å². The lowest BCUT2D eigenvalue weighted by Crippen LogP contribution is -2.24. The number of anilines is 2. The highest BCUT2D eigenvalue weighted by molar-refractivity contribution is 6.36. The summed E-state index contributed by atoms with van der Waals surface area (Å²) in [6.45, 7) is 2.12. The molecule has 3 aromatic heterocycles. The first kappa shape index (κ1) is 28.0. The van der Waals surface area contributed by atoms with E-state index in [0.29, 0.717) is 52.0 Å². The van der Waals surface area contributed by atoms with Crippen LogP contribution in [0.2, 0.25) is 10.0 Å². The third kappa shape index (κ3) is 6.37. The van der Waals surface area contributed by atoms with E-state index in [4.69, 9.17) is 33.7 Å². The maximum absolute atomic E-state index is 12.7. The first-order valence-electron chi connectivity index (χ1n) is 11.5. The molecule has 0 saturated carbocycles. The number of aryl methyl sites for hydroxylation is 1. The number of rotatable bonds is 9. The fourth-order valence-corrected chi connectivity index (χ4v) is 4.10. The number of hydrogen-bond donors (Lipinski definition) is 2. The van der Waals surface area contributed by atoms with Crippen molar-refractivity contribution in [3.8, 4) is 11.3 Å². The van der Waals surface area contributed by atoms with E-state index in [1.165, 1.54) is 10.6 Å². The molecule has 4 rings (SSSR count). The average molecular weight is 582 g/mol. The maximum atomic E-state index is 12.7. The largest absolute Gasteiger partial charge is 0.460 e. The minimum Gasteiger partial charge on any atom is -0.460 e. The number of pyridine rings is 1. The molecule has 0 saturated heterocycles. The number of carbonyl (C=O) groups is 2. The zero-order chi connectivity index (χ0) is 28.3. The number of carbonyl (C=O) groups excluding carboxylic acids is 2. The molecule has 0 aliphatic rings. The molecule has 0 atom stereocenters. The molecule has 15 heteroatoms. The molecular weight excluding hydrogens is 562 g/mol. The van der Waals surface area contributed by atoms with Crippen molar-refractivity contribution in [1.29, 1.82) is 0 Å². The number of nitrogens with two attached hydrogens (primary N) is 1. The fourth-order valence-electron chi connectivity index (χ4n) is 3.59. The van der Waals surface area contributed by atoms with Crippen molar-refractivity contribution in [1.82, 2.24) is 24.6 Å². The van der Waals surface area contributed by atoms with Crippen molar-refractivity contribution < 1.29 is 27.5 Å². The lowest BCUT2D eigenvalue weighted by molar-refractivity contribution is -0.0884. The molecule has 10 nitrogen and oxygen atoms in total. The quantitative estimate of drug-likeness (QED) is 0.158. The van der Waals surface area contributed by atoms with E-state index in [0.717, 1.165) is 6.07 Å². The molecule has 0 radical (unpaired) electrons. The summed E-state index contributed by atoms with van der Waals surface area (Å²) in [5, 5.41) is 8.11. The summed E-state index contributed by atoms with van der Waals surface area (Å²) < 4.78 is 44.4. The van der Waals surface area contributed by atoms with Gasteiger partial charge in [0, 0.05) is 28.9 Å². The van der Waals surface area contributed by atoms with Crippen LogP contribution in [0.25, 0.3) is 16.9 Å². The van der Waals surface area contributed by atoms with Crippen molar-refractivity contribution in [3.63, 3.8) is 0 Å². The topological polar surface area (TPSA) is 137 Å². The highest BCUT2D eigenvalue weighted by Gasteiger charge is 2.40. The van der Waals surface area contributed by atoms with Crippen LogP contribution in [0, 0.1) is 0 Å². The Morgan fingerprint density at radius 3 is 2.54 bits per heavy atom. The molecule has 3 heterocycles. The molecular formula is C24H20Cl2F3N7O3. The van der Waals surface area contributed by atoms with Crippen molar-refractivity contribution in [2.45, 2.75) is 25.9 Å². The van der Waals surface area contributed by atoms with Gasteiger partial charge in [0.1, 0.15) is 5.82 Å². The number of ketones is 1. The smallest absolute Gasteiger partial charge is 0.455 e. The monoisotopic (exact) mass is 581 g/mol. The third-order valence-electron chi connectivity index (χ3n) is 5.37. The average Bonchev–Trinajstić information content (AvgIpc) is 3.30. The summed E-state index contributed by atoms with van der Waals surface area (Å²) in [5.74, 6) is -3.15. The van der Waals surface area contributed by atoms with Crippen LogP contribution < -0.4 is 11.1 Å². The van der Waals surface area contributed by atoms with Gasteiger partial charge >= 0.3 is 12.1 Å². The Hall–Kier alpha value is -3.97. The zero-order valence-corrected chi connectivity index (χ0v) is 21.7. The van der Waals surface area contributed by atoms with E-state index < -0.39 is 29.3 Å². The number of alkyl halides is 3. The molecule has 0 amide bonds. The molecule has 204 valence electrons. The molecule has 0 unspecified atom stereocenters. The number of Topliss-reactive ketones (excluding diaryl/α,β-unsaturated/α-hetero) is 1. The lowest BCUT2D eigenvalue weighted by Gasteiger charge is -2.11. The number of nitrogens with one attached hydrogen (secondary N) is 1. The second kappa shape index (κ2) is 11.4. The highest BCUT2D eigenvalue weighted by Crippen LogP contribution is 2.31. The standard InChI is InChI=1S/C24H20Cl2F3N7O3/c1-2-39-22(38)21-34-18-11-17(14-7-5-12(25)10-16(14)26)33-23(36(18)35-21)31-9-3-4-13-6-8-15(20(30)32-13)19(37)24(27,28)29/h5-8,10-11H,2-4,9H2,1H3,(H2,30,32)(H,31,33). The van der Waals surface area contributed by atoms with E-state index in [1.807, 2.05) is 0 Å². The summed E-state index contributed by atoms with van der Waals surface area (Å²) in [4.78, 5) is 36.4. The van der Waals surface area contributed by atoms with Crippen LogP contribution in [0.3, 0.4) is 0 Å². The summed E-state index contributed by atoms with van der Waals surface area (Å²) >= 11 is 12.4. The van der Waals surface area contributed by atoms with Gasteiger partial charge in [-0.2, -0.15) is 17.7 Å². The molecule has 0 spiro atoms. The number of ether oxygens (including phenoxy) is 1. The van der Waals surface area contributed by atoms with Crippen molar-refractivity contribution in [3.05, 3.63) is 63.5 Å². The Morgan fingerprint density at radius 2 is 1.87 bits per heavy atom. The van der Waals surface area contributed by atoms with Gasteiger partial charge in [-0.1, -0.05) is 23.2 Å². The number of hydrogen-bond acceptors (Lipinski definition) is 9. The lowest BCUT2D eigenvalue weighted by atomic mass is 10.1. The minimum atomic E-state index is -5.04. The van der Waals surface area contributed by atoms with Gasteiger partial charge in [0.15, 0.2) is 5.65 Å². The first-order chi connectivity index (χ1) is 18.5. The van der Waals surface area contributed by atoms with E-state index in [1.54, 1.807) is 31.2 Å². The van der Waals surface area contributed by atoms with E-state index >= 15 is 0 Å². The Kier molecular flexibility index (Phi) is 8.21. The Morgan fingerprint density at radius 1 is 1.10 bits per heavy atom. The van der Waals surface area contributed by atoms with Gasteiger partial charge in [0.2, 0.25) is 5.95 Å². The van der Waals surface area contributed by atoms with Gasteiger partial charge in [0.05, 0.1) is 22.9 Å². The second-order valence-electron chi connectivity index (χ2n) is 8.11. The van der Waals surface area contributed by atoms with E-state index in [9.17, 15) is 22.8 Å². The molecule has 3 N–H and O–H groups in total. The van der Waals surface area contributed by atoms with Crippen LogP contribution in [-0.4, -0.2) is 55.6 Å². The van der Waals surface area contributed by atoms with Crippen LogP contribution in [0.15, 0.2) is 36.4 Å². The second-order valence-corrected chi connectivity index (χ2v) is 8.95. The molecule has 0 aliphatic carbocycles. The predicted octanol–water partition coefficient (Wildman–Crippen LogP) is 5.04. The number of nitrogens with zero attached hydrogens (tertiary/aromatic N) is 5. The van der Waals surface area contributed by atoms with Crippen LogP contribution in [0.5, 0.6) is 0 Å². The van der Waals surface area contributed by atoms with Crippen molar-refractivity contribution in [2.24, 2.45) is 0 Å². The van der Waals surface area contributed by atoms with Gasteiger partial charge in [-0.3, -0.25) is 4.79 Å². The van der Waals surface area contributed by atoms with Gasteiger partial charge < -0.3 is 15.8 Å². The third-order valence-corrected chi connectivity index (χ3v) is 5.92. The molecule has 4 aromatic rings. The first-order valence-corrected chi connectivity index (χ1v) is 12.2. The van der Waals surface area contributed by atoms with Gasteiger partial charge in [-0.25, -0.2) is 19.7 Å². The SMILES string of the molecule is CCOC(=O)c1nc2cc(-c3ccc(Cl)cc3Cl)nc(NCCCc3ccc(C(=O)C(F)(F)F)c(N)n3)n2n1. The van der Waals surface area contributed by atoms with E-state index in [2.05, 4.69) is 25.4 Å². The number of benzene rings is 1. The maximum Gasteiger partial charge on any atom is 0.455 e. The summed E-state index contributed by atoms with van der Waals surface area (Å²) in [5.41, 5.74) is 6.60. The van der Waals surface area contributed by atoms with Crippen molar-refractivity contribution >= 4 is 52.4 Å². The number of halogens is 5. The Labute approximate surface area is 229 Å². The molecule has 39 heavy (non-hydrogen) atoms. The highest BCUT2D eigenvalue weighted by atomic mass is 35.5. The number of esters is 1. The summed E-state index contributed by atoms with van der Waals surface area (Å²) in [7, 11) is 0. The summed E-state index contributed by atoms with van der Waals surface area (Å²) in [6.07, 6.45) is -4.26. The van der Waals surface area contributed by atoms with Crippen LogP contribution in [0.1, 0.15) is 40.0 Å². The molecule has 0 aliphatic heterocycles. The molecule has 0 bridgehead atoms. The fraction of sp³-hybridized carbons (Fsp3) is 0.250. The summed E-state index contributed by atoms with van der Waals surface area (Å²) in [6, 6.07) is 8.85. The van der Waals surface area contributed by atoms with Crippen molar-refractivity contribution in [2.75, 3.05) is 24.2 Å². The van der Waals surface area contributed by atoms with Gasteiger partial charge in [-0.05, 0) is 50.1 Å². The predicted molar refractivity (Wildman–Crippen MR) is 138 cm³/mol. The number of nitrogen functional groups attached to an aromatic ring is 1. The van der Waals surface area contributed by atoms with Crippen LogP contribution in [0.4, 0.5) is 24.9 Å². The van der Waals surface area contributed by atoms with Crippen LogP contribution in [-0.2, 0) is 11.2 Å². The molecule has 1 aromatic carbocycles. The van der Waals surface area contributed by atoms with E-state index in [-0.39, 0.29) is 18.4 Å². The van der Waals surface area contributed by atoms with Crippen LogP contribution >= 0.6 is 23.2 Å². The Bertz CT molecular complexity index is 1560. The zero-order valence-electron chi connectivity index (χ0n) is 20.2.